The first-order chi connectivity index (χ1) is 12.2. The summed E-state index contributed by atoms with van der Waals surface area (Å²) in [4.78, 5) is 18.5. The van der Waals surface area contributed by atoms with Crippen LogP contribution in [-0.4, -0.2) is 25.7 Å². The third kappa shape index (κ3) is 4.79. The fourth-order valence-electron chi connectivity index (χ4n) is 2.80. The average molecular weight is 337 g/mol. The van der Waals surface area contributed by atoms with Gasteiger partial charge in [-0.1, -0.05) is 25.0 Å². The second-order valence-corrected chi connectivity index (χ2v) is 6.12. The number of aromatic amines is 1. The number of hydrogen-bond acceptors (Lipinski definition) is 3. The van der Waals surface area contributed by atoms with Crippen LogP contribution in [0.3, 0.4) is 0 Å². The highest BCUT2D eigenvalue weighted by Crippen LogP contribution is 2.19. The van der Waals surface area contributed by atoms with Gasteiger partial charge in [0.25, 0.3) is 0 Å². The van der Waals surface area contributed by atoms with Gasteiger partial charge in [0, 0.05) is 25.2 Å². The maximum Gasteiger partial charge on any atom is 0.217 e. The third-order valence-electron chi connectivity index (χ3n) is 4.16. The number of aryl methyl sites for hydroxylation is 1. The Bertz CT molecular complexity index is 790. The van der Waals surface area contributed by atoms with Gasteiger partial charge >= 0.3 is 0 Å². The van der Waals surface area contributed by atoms with Gasteiger partial charge in [-0.2, -0.15) is 5.10 Å². The van der Waals surface area contributed by atoms with Crippen LogP contribution in [0.4, 0.5) is 0 Å². The summed E-state index contributed by atoms with van der Waals surface area (Å²) in [6, 6.07) is 10.1. The van der Waals surface area contributed by atoms with Gasteiger partial charge in [0.2, 0.25) is 5.91 Å². The predicted molar refractivity (Wildman–Crippen MR) is 97.1 cm³/mol. The summed E-state index contributed by atoms with van der Waals surface area (Å²) in [7, 11) is 0. The van der Waals surface area contributed by atoms with Gasteiger partial charge < -0.3 is 10.7 Å². The quantitative estimate of drug-likeness (QED) is 0.587. The molecule has 1 amide bonds. The van der Waals surface area contributed by atoms with Gasteiger partial charge in [-0.05, 0) is 36.6 Å². The molecule has 6 heteroatoms. The summed E-state index contributed by atoms with van der Waals surface area (Å²) in [5, 5.41) is 4.23. The van der Waals surface area contributed by atoms with Crippen LogP contribution in [0, 0.1) is 0 Å². The molecule has 2 aromatic heterocycles. The molecule has 0 radical (unpaired) electrons. The summed E-state index contributed by atoms with van der Waals surface area (Å²) >= 11 is 0. The van der Waals surface area contributed by atoms with Gasteiger partial charge in [0.15, 0.2) is 0 Å². The maximum atomic E-state index is 10.7. The van der Waals surface area contributed by atoms with Gasteiger partial charge in [0.05, 0.1) is 17.6 Å². The molecule has 0 fully saturated rings. The molecule has 0 aliphatic carbocycles. The van der Waals surface area contributed by atoms with Crippen molar-refractivity contribution in [2.24, 2.45) is 5.73 Å². The second kappa shape index (κ2) is 8.28. The molecule has 25 heavy (non-hydrogen) atoms. The van der Waals surface area contributed by atoms with Crippen molar-refractivity contribution in [3.05, 3.63) is 54.7 Å². The number of benzene rings is 1. The number of nitrogens with two attached hydrogens (primary N) is 1. The summed E-state index contributed by atoms with van der Waals surface area (Å²) in [6.07, 6.45) is 11.0. The maximum absolute atomic E-state index is 10.7. The number of carbonyl (C=O) groups excluding carboxylic acids is 1. The minimum atomic E-state index is -0.214. The first-order valence-electron chi connectivity index (χ1n) is 8.65. The Morgan fingerprint density at radius 1 is 1.12 bits per heavy atom. The van der Waals surface area contributed by atoms with Gasteiger partial charge in [-0.3, -0.25) is 4.79 Å². The number of rotatable bonds is 9. The van der Waals surface area contributed by atoms with E-state index in [0.29, 0.717) is 6.42 Å². The molecule has 0 unspecified atom stereocenters. The number of H-pyrrole nitrogens is 1. The van der Waals surface area contributed by atoms with Crippen LogP contribution in [0.1, 0.15) is 37.9 Å². The Kier molecular flexibility index (Phi) is 5.61. The molecule has 0 aliphatic heterocycles. The summed E-state index contributed by atoms with van der Waals surface area (Å²) in [5.74, 6) is 0.787. The van der Waals surface area contributed by atoms with Gasteiger partial charge in [0.1, 0.15) is 5.82 Å². The number of nitrogens with zero attached hydrogens (tertiary/aromatic N) is 3. The number of aromatic nitrogens is 4. The fourth-order valence-corrected chi connectivity index (χ4v) is 2.80. The van der Waals surface area contributed by atoms with Crippen molar-refractivity contribution in [1.29, 1.82) is 0 Å². The zero-order valence-corrected chi connectivity index (χ0v) is 14.2. The molecule has 130 valence electrons. The molecule has 3 aromatic rings. The predicted octanol–water partition coefficient (Wildman–Crippen LogP) is 3.24. The standard InChI is InChI=1S/C19H23N5O/c20-18(25)6-3-1-2-4-7-19-21-14-17(23-19)15-8-10-16(11-9-15)24-13-5-12-22-24/h5,8-14H,1-4,6-7H2,(H2,20,25)(H,21,23). The van der Waals surface area contributed by atoms with Crippen molar-refractivity contribution in [3.63, 3.8) is 0 Å². The molecule has 3 rings (SSSR count). The Morgan fingerprint density at radius 2 is 1.92 bits per heavy atom. The van der Waals surface area contributed by atoms with E-state index in [1.165, 1.54) is 0 Å². The zero-order valence-electron chi connectivity index (χ0n) is 14.2. The number of unbranched alkanes of at least 4 members (excludes halogenated alkanes) is 3. The molecular weight excluding hydrogens is 314 g/mol. The lowest BCUT2D eigenvalue weighted by atomic mass is 10.1. The van der Waals surface area contributed by atoms with E-state index in [1.807, 2.05) is 35.3 Å². The average Bonchev–Trinajstić information content (AvgIpc) is 3.30. The van der Waals surface area contributed by atoms with Crippen LogP contribution in [-0.2, 0) is 11.2 Å². The highest BCUT2D eigenvalue weighted by Gasteiger charge is 2.04. The van der Waals surface area contributed by atoms with E-state index in [9.17, 15) is 4.79 Å². The van der Waals surface area contributed by atoms with E-state index in [0.717, 1.165) is 54.9 Å². The van der Waals surface area contributed by atoms with E-state index >= 15 is 0 Å². The van der Waals surface area contributed by atoms with Crippen LogP contribution in [0.15, 0.2) is 48.9 Å². The van der Waals surface area contributed by atoms with E-state index < -0.39 is 0 Å². The van der Waals surface area contributed by atoms with E-state index in [-0.39, 0.29) is 5.91 Å². The largest absolute Gasteiger partial charge is 0.370 e. The lowest BCUT2D eigenvalue weighted by Crippen LogP contribution is -2.09. The third-order valence-corrected chi connectivity index (χ3v) is 4.16. The van der Waals surface area contributed by atoms with Crippen LogP contribution < -0.4 is 5.73 Å². The summed E-state index contributed by atoms with van der Waals surface area (Å²) in [6.45, 7) is 0. The number of amides is 1. The minimum Gasteiger partial charge on any atom is -0.370 e. The Balaban J connectivity index is 1.50. The summed E-state index contributed by atoms with van der Waals surface area (Å²) < 4.78 is 1.83. The van der Waals surface area contributed by atoms with Gasteiger partial charge in [-0.15, -0.1) is 0 Å². The SMILES string of the molecule is NC(=O)CCCCCCc1ncc(-c2ccc(-n3cccn3)cc2)[nH]1. The fraction of sp³-hybridized carbons (Fsp3) is 0.316. The minimum absolute atomic E-state index is 0.214. The number of imidazole rings is 1. The summed E-state index contributed by atoms with van der Waals surface area (Å²) in [5.41, 5.74) is 8.30. The van der Waals surface area contributed by atoms with Crippen molar-refractivity contribution >= 4 is 5.91 Å². The van der Waals surface area contributed by atoms with Crippen molar-refractivity contribution in [3.8, 4) is 16.9 Å². The highest BCUT2D eigenvalue weighted by molar-refractivity contribution is 5.73. The van der Waals surface area contributed by atoms with E-state index in [2.05, 4.69) is 27.2 Å². The molecule has 1 aromatic carbocycles. The number of hydrogen-bond donors (Lipinski definition) is 2. The van der Waals surface area contributed by atoms with Crippen molar-refractivity contribution in [2.45, 2.75) is 38.5 Å². The number of carbonyl (C=O) groups is 1. The molecule has 3 N–H and O–H groups in total. The number of nitrogens with one attached hydrogen (secondary N) is 1. The van der Waals surface area contributed by atoms with Crippen LogP contribution in [0.2, 0.25) is 0 Å². The monoisotopic (exact) mass is 337 g/mol. The van der Waals surface area contributed by atoms with Crippen LogP contribution >= 0.6 is 0 Å². The molecule has 0 aliphatic rings. The van der Waals surface area contributed by atoms with Crippen molar-refractivity contribution in [2.75, 3.05) is 0 Å². The lowest BCUT2D eigenvalue weighted by molar-refractivity contribution is -0.118. The van der Waals surface area contributed by atoms with Crippen LogP contribution in [0.25, 0.3) is 16.9 Å². The van der Waals surface area contributed by atoms with E-state index in [4.69, 9.17) is 5.73 Å². The first-order valence-corrected chi connectivity index (χ1v) is 8.65. The molecular formula is C19H23N5O. The number of primary amides is 1. The smallest absolute Gasteiger partial charge is 0.217 e. The Labute approximate surface area is 147 Å². The zero-order chi connectivity index (χ0) is 17.5. The first kappa shape index (κ1) is 17.0. The molecule has 2 heterocycles. The topological polar surface area (TPSA) is 89.6 Å². The normalized spacial score (nSPS) is 10.9. The Hall–Kier alpha value is -2.89. The molecule has 0 bridgehead atoms. The molecule has 6 nitrogen and oxygen atoms in total. The molecule has 0 atom stereocenters. The van der Waals surface area contributed by atoms with E-state index in [1.54, 1.807) is 6.20 Å². The molecule has 0 saturated heterocycles. The second-order valence-electron chi connectivity index (χ2n) is 6.12. The Morgan fingerprint density at radius 3 is 2.64 bits per heavy atom. The highest BCUT2D eigenvalue weighted by atomic mass is 16.1. The van der Waals surface area contributed by atoms with Gasteiger partial charge in [-0.25, -0.2) is 9.67 Å². The van der Waals surface area contributed by atoms with Crippen LogP contribution in [0.5, 0.6) is 0 Å². The van der Waals surface area contributed by atoms with Crippen molar-refractivity contribution in [1.82, 2.24) is 19.7 Å². The molecule has 0 saturated carbocycles. The molecule has 0 spiro atoms. The lowest BCUT2D eigenvalue weighted by Gasteiger charge is -2.03. The van der Waals surface area contributed by atoms with Crippen molar-refractivity contribution < 1.29 is 4.79 Å².